The molecule has 0 amide bonds. The van der Waals surface area contributed by atoms with E-state index in [1.807, 2.05) is 72.8 Å². The molecule has 4 nitrogen and oxygen atoms in total. The molecule has 0 aliphatic carbocycles. The van der Waals surface area contributed by atoms with Crippen LogP contribution in [0.3, 0.4) is 0 Å². The van der Waals surface area contributed by atoms with Crippen LogP contribution in [-0.4, -0.2) is 13.0 Å². The van der Waals surface area contributed by atoms with E-state index in [0.29, 0.717) is 21.2 Å². The van der Waals surface area contributed by atoms with Gasteiger partial charge in [0, 0.05) is 22.1 Å². The second kappa shape index (κ2) is 10.6. The second-order valence-electron chi connectivity index (χ2n) is 11.8. The van der Waals surface area contributed by atoms with Crippen LogP contribution in [0.5, 0.6) is 0 Å². The maximum atomic E-state index is 14.4. The molecule has 0 saturated heterocycles. The van der Waals surface area contributed by atoms with Crippen molar-refractivity contribution in [3.8, 4) is 27.9 Å². The van der Waals surface area contributed by atoms with Crippen LogP contribution >= 0.6 is 0 Å². The molecule has 0 unspecified atom stereocenters. The Kier molecular flexibility index (Phi) is 6.17. The van der Waals surface area contributed by atoms with Gasteiger partial charge in [-0.1, -0.05) is 115 Å². The third kappa shape index (κ3) is 4.24. The van der Waals surface area contributed by atoms with Gasteiger partial charge in [-0.05, 0) is 76.9 Å². The number of benzene rings is 7. The second-order valence-corrected chi connectivity index (χ2v) is 13.7. The third-order valence-corrected chi connectivity index (χ3v) is 10.9. The van der Waals surface area contributed by atoms with Crippen molar-refractivity contribution in [1.29, 1.82) is 0 Å². The molecule has 47 heavy (non-hydrogen) atoms. The van der Waals surface area contributed by atoms with E-state index in [-0.39, 0.29) is 0 Å². The highest BCUT2D eigenvalue weighted by Gasteiger charge is 2.37. The molecule has 1 aliphatic heterocycles. The molecule has 1 aliphatic rings. The van der Waals surface area contributed by atoms with Crippen LogP contribution in [0.1, 0.15) is 0 Å². The molecular formula is C42H28N2O2S. The zero-order valence-electron chi connectivity index (χ0n) is 25.3. The Labute approximate surface area is 273 Å². The predicted octanol–water partition coefficient (Wildman–Crippen LogP) is 10.7. The predicted molar refractivity (Wildman–Crippen MR) is 192 cm³/mol. The van der Waals surface area contributed by atoms with Crippen LogP contribution in [0.15, 0.2) is 180 Å². The number of hydrogen-bond donors (Lipinski definition) is 0. The summed E-state index contributed by atoms with van der Waals surface area (Å²) >= 11 is 0. The molecular weight excluding hydrogens is 597 g/mol. The topological polar surface area (TPSA) is 42.3 Å². The number of anilines is 3. The smallest absolute Gasteiger partial charge is 0.210 e. The molecule has 0 spiro atoms. The third-order valence-electron chi connectivity index (χ3n) is 9.09. The summed E-state index contributed by atoms with van der Waals surface area (Å²) < 4.78 is 31.1. The lowest BCUT2D eigenvalue weighted by molar-refractivity contribution is 0.595. The zero-order chi connectivity index (χ0) is 31.5. The molecule has 0 radical (unpaired) electrons. The normalized spacial score (nSPS) is 13.4. The van der Waals surface area contributed by atoms with Crippen LogP contribution in [-0.2, 0) is 9.84 Å². The van der Waals surface area contributed by atoms with Gasteiger partial charge < -0.3 is 9.47 Å². The van der Waals surface area contributed by atoms with Crippen molar-refractivity contribution in [2.75, 3.05) is 4.90 Å². The van der Waals surface area contributed by atoms with E-state index in [1.165, 1.54) is 0 Å². The summed E-state index contributed by atoms with van der Waals surface area (Å²) in [4.78, 5) is 2.71. The van der Waals surface area contributed by atoms with Crippen molar-refractivity contribution in [3.63, 3.8) is 0 Å². The van der Waals surface area contributed by atoms with E-state index in [1.54, 1.807) is 18.2 Å². The maximum Gasteiger partial charge on any atom is 0.210 e. The van der Waals surface area contributed by atoms with Gasteiger partial charge in [-0.25, -0.2) is 8.42 Å². The van der Waals surface area contributed by atoms with Crippen LogP contribution in [0.4, 0.5) is 17.1 Å². The lowest BCUT2D eigenvalue weighted by Crippen LogP contribution is -2.23. The van der Waals surface area contributed by atoms with Gasteiger partial charge >= 0.3 is 0 Å². The summed E-state index contributed by atoms with van der Waals surface area (Å²) in [7, 11) is -3.83. The lowest BCUT2D eigenvalue weighted by Gasteiger charge is -2.34. The highest BCUT2D eigenvalue weighted by atomic mass is 32.2. The van der Waals surface area contributed by atoms with Crippen molar-refractivity contribution in [3.05, 3.63) is 170 Å². The SMILES string of the molecule is O=S1(=O)c2ccccc2N(c2ccccc2)c2c1ccc1c3ccccc3n(-c3cc(-c4ccccc4)cc(-c4ccccc4)c3)c21. The summed E-state index contributed by atoms with van der Waals surface area (Å²) in [5.74, 6) is 0. The quantitative estimate of drug-likeness (QED) is 0.196. The van der Waals surface area contributed by atoms with Gasteiger partial charge in [0.15, 0.2) is 0 Å². The fraction of sp³-hybridized carbons (Fsp3) is 0. The van der Waals surface area contributed by atoms with Crippen molar-refractivity contribution in [2.24, 2.45) is 0 Å². The molecule has 0 fully saturated rings. The molecule has 1 aromatic heterocycles. The van der Waals surface area contributed by atoms with E-state index < -0.39 is 9.84 Å². The number of hydrogen-bond acceptors (Lipinski definition) is 3. The molecule has 8 aromatic rings. The maximum absolute atomic E-state index is 14.4. The molecule has 0 N–H and O–H groups in total. The van der Waals surface area contributed by atoms with Crippen molar-refractivity contribution >= 4 is 48.7 Å². The highest BCUT2D eigenvalue weighted by Crippen LogP contribution is 2.52. The van der Waals surface area contributed by atoms with Gasteiger partial charge in [-0.15, -0.1) is 0 Å². The molecule has 0 atom stereocenters. The van der Waals surface area contributed by atoms with Crippen molar-refractivity contribution in [1.82, 2.24) is 4.57 Å². The van der Waals surface area contributed by atoms with E-state index in [9.17, 15) is 8.42 Å². The van der Waals surface area contributed by atoms with Crippen LogP contribution in [0, 0.1) is 0 Å². The minimum absolute atomic E-state index is 0.291. The van der Waals surface area contributed by atoms with E-state index >= 15 is 0 Å². The summed E-state index contributed by atoms with van der Waals surface area (Å²) in [6.07, 6.45) is 0. The molecule has 9 rings (SSSR count). The molecule has 224 valence electrons. The monoisotopic (exact) mass is 624 g/mol. The van der Waals surface area contributed by atoms with Gasteiger partial charge in [-0.3, -0.25) is 0 Å². The number of nitrogens with zero attached hydrogens (tertiary/aromatic N) is 2. The van der Waals surface area contributed by atoms with Gasteiger partial charge in [-0.2, -0.15) is 0 Å². The first kappa shape index (κ1) is 27.4. The fourth-order valence-corrected chi connectivity index (χ4v) is 8.63. The standard InChI is InChI=1S/C42H28N2O2S/c45-47(46)39-23-13-12-22-38(39)43(33-18-8-3-9-19-33)42-40(47)25-24-36-35-20-10-11-21-37(35)44(41(36)42)34-27-31(29-14-4-1-5-15-29)26-32(28-34)30-16-6-2-7-17-30/h1-28H. The van der Waals surface area contributed by atoms with Crippen LogP contribution in [0.2, 0.25) is 0 Å². The molecule has 7 aromatic carbocycles. The summed E-state index contributed by atoms with van der Waals surface area (Å²) in [5, 5.41) is 2.04. The number of aromatic nitrogens is 1. The Bertz CT molecular complexity index is 2520. The van der Waals surface area contributed by atoms with E-state index in [2.05, 4.69) is 88.3 Å². The van der Waals surface area contributed by atoms with Gasteiger partial charge in [0.2, 0.25) is 9.84 Å². The molecule has 0 saturated carbocycles. The number of rotatable bonds is 4. The average Bonchev–Trinajstić information content (AvgIpc) is 3.48. The molecule has 0 bridgehead atoms. The first-order chi connectivity index (χ1) is 23.1. The lowest BCUT2D eigenvalue weighted by atomic mass is 9.98. The van der Waals surface area contributed by atoms with Gasteiger partial charge in [0.1, 0.15) is 0 Å². The average molecular weight is 625 g/mol. The largest absolute Gasteiger partial charge is 0.307 e. The Morgan fingerprint density at radius 2 is 1.00 bits per heavy atom. The minimum atomic E-state index is -3.83. The zero-order valence-corrected chi connectivity index (χ0v) is 26.1. The van der Waals surface area contributed by atoms with Gasteiger partial charge in [0.05, 0.1) is 32.2 Å². The van der Waals surface area contributed by atoms with Crippen LogP contribution < -0.4 is 4.90 Å². The summed E-state index contributed by atoms with van der Waals surface area (Å²) in [5.41, 5.74) is 9.35. The number of para-hydroxylation sites is 3. The van der Waals surface area contributed by atoms with Crippen molar-refractivity contribution in [2.45, 2.75) is 9.79 Å². The van der Waals surface area contributed by atoms with E-state index in [0.717, 1.165) is 55.4 Å². The van der Waals surface area contributed by atoms with Gasteiger partial charge in [0.25, 0.3) is 0 Å². The first-order valence-electron chi connectivity index (χ1n) is 15.6. The fourth-order valence-electron chi connectivity index (χ4n) is 7.01. The van der Waals surface area contributed by atoms with E-state index in [4.69, 9.17) is 0 Å². The number of fused-ring (bicyclic) bond motifs is 6. The number of sulfone groups is 1. The minimum Gasteiger partial charge on any atom is -0.307 e. The van der Waals surface area contributed by atoms with Crippen molar-refractivity contribution < 1.29 is 8.42 Å². The Balaban J connectivity index is 1.45. The summed E-state index contributed by atoms with van der Waals surface area (Å²) in [6.45, 7) is 0. The Morgan fingerprint density at radius 1 is 0.426 bits per heavy atom. The Morgan fingerprint density at radius 3 is 1.68 bits per heavy atom. The Hall–Kier alpha value is -5.91. The van der Waals surface area contributed by atoms with Crippen LogP contribution in [0.25, 0.3) is 49.7 Å². The summed E-state index contributed by atoms with van der Waals surface area (Å²) in [6, 6.07) is 56.9. The highest BCUT2D eigenvalue weighted by molar-refractivity contribution is 7.92. The molecule has 5 heteroatoms. The first-order valence-corrected chi connectivity index (χ1v) is 17.1. The molecule has 2 heterocycles.